The highest BCUT2D eigenvalue weighted by Gasteiger charge is 2.42. The van der Waals surface area contributed by atoms with Gasteiger partial charge in [-0.1, -0.05) is 29.8 Å². The Morgan fingerprint density at radius 3 is 2.40 bits per heavy atom. The first-order valence-electron chi connectivity index (χ1n) is 5.54. The molecule has 2 atom stereocenters. The summed E-state index contributed by atoms with van der Waals surface area (Å²) in [7, 11) is 2.07. The molecular formula is C13H19NO. The largest absolute Gasteiger partial charge is 0.383 e. The fourth-order valence-corrected chi connectivity index (χ4v) is 2.34. The van der Waals surface area contributed by atoms with Crippen molar-refractivity contribution in [1.29, 1.82) is 0 Å². The highest BCUT2D eigenvalue weighted by Crippen LogP contribution is 2.36. The SMILES string of the molecule is Cc1ccc([C@]2(O)CCN(C)[C@@H]2C)cc1. The molecule has 1 aromatic carbocycles. The number of hydrogen-bond acceptors (Lipinski definition) is 2. The second kappa shape index (κ2) is 3.62. The van der Waals surface area contributed by atoms with Crippen LogP contribution in [0.3, 0.4) is 0 Å². The summed E-state index contributed by atoms with van der Waals surface area (Å²) in [5.74, 6) is 0. The average molecular weight is 205 g/mol. The molecule has 1 aromatic rings. The number of rotatable bonds is 1. The van der Waals surface area contributed by atoms with E-state index in [0.717, 1.165) is 18.5 Å². The molecule has 1 N–H and O–H groups in total. The van der Waals surface area contributed by atoms with Crippen LogP contribution in [-0.2, 0) is 5.60 Å². The summed E-state index contributed by atoms with van der Waals surface area (Å²) in [6.07, 6.45) is 0.827. The minimum atomic E-state index is -0.664. The molecule has 0 aliphatic carbocycles. The van der Waals surface area contributed by atoms with E-state index >= 15 is 0 Å². The Hall–Kier alpha value is -0.860. The summed E-state index contributed by atoms with van der Waals surface area (Å²) < 4.78 is 0. The molecule has 1 heterocycles. The zero-order chi connectivity index (χ0) is 11.1. The lowest BCUT2D eigenvalue weighted by Gasteiger charge is -2.30. The second-order valence-corrected chi connectivity index (χ2v) is 4.70. The van der Waals surface area contributed by atoms with Crippen LogP contribution >= 0.6 is 0 Å². The first-order chi connectivity index (χ1) is 7.04. The molecule has 0 amide bonds. The number of aliphatic hydroxyl groups is 1. The molecule has 0 radical (unpaired) electrons. The summed E-state index contributed by atoms with van der Waals surface area (Å²) in [5.41, 5.74) is 1.62. The number of hydrogen-bond donors (Lipinski definition) is 1. The molecule has 1 aliphatic heterocycles. The van der Waals surface area contributed by atoms with Crippen molar-refractivity contribution in [1.82, 2.24) is 4.90 Å². The molecule has 82 valence electrons. The standard InChI is InChI=1S/C13H19NO/c1-10-4-6-12(7-5-10)13(15)8-9-14(3)11(13)2/h4-7,11,15H,8-9H2,1-3H3/t11-,13+/m1/s1. The van der Waals surface area contributed by atoms with Gasteiger partial charge in [-0.15, -0.1) is 0 Å². The molecular weight excluding hydrogens is 186 g/mol. The number of nitrogens with zero attached hydrogens (tertiary/aromatic N) is 1. The van der Waals surface area contributed by atoms with E-state index in [-0.39, 0.29) is 6.04 Å². The van der Waals surface area contributed by atoms with Crippen molar-refractivity contribution in [2.24, 2.45) is 0 Å². The Balaban J connectivity index is 2.33. The van der Waals surface area contributed by atoms with E-state index in [2.05, 4.69) is 37.9 Å². The molecule has 1 saturated heterocycles. The van der Waals surface area contributed by atoms with Gasteiger partial charge in [-0.05, 0) is 32.9 Å². The fraction of sp³-hybridized carbons (Fsp3) is 0.538. The van der Waals surface area contributed by atoms with Crippen molar-refractivity contribution in [2.75, 3.05) is 13.6 Å². The highest BCUT2D eigenvalue weighted by molar-refractivity contribution is 5.29. The molecule has 0 aromatic heterocycles. The van der Waals surface area contributed by atoms with Gasteiger partial charge in [0.25, 0.3) is 0 Å². The summed E-state index contributed by atoms with van der Waals surface area (Å²) >= 11 is 0. The topological polar surface area (TPSA) is 23.5 Å². The smallest absolute Gasteiger partial charge is 0.106 e. The van der Waals surface area contributed by atoms with Gasteiger partial charge in [0.15, 0.2) is 0 Å². The van der Waals surface area contributed by atoms with E-state index in [0.29, 0.717) is 0 Å². The average Bonchev–Trinajstić information content (AvgIpc) is 2.48. The van der Waals surface area contributed by atoms with Crippen LogP contribution in [0, 0.1) is 6.92 Å². The molecule has 0 spiro atoms. The molecule has 1 fully saturated rings. The van der Waals surface area contributed by atoms with Crippen LogP contribution in [0.25, 0.3) is 0 Å². The van der Waals surface area contributed by atoms with Crippen LogP contribution in [-0.4, -0.2) is 29.6 Å². The molecule has 2 heteroatoms. The molecule has 15 heavy (non-hydrogen) atoms. The van der Waals surface area contributed by atoms with Crippen molar-refractivity contribution < 1.29 is 5.11 Å². The maximum atomic E-state index is 10.7. The van der Waals surface area contributed by atoms with Crippen molar-refractivity contribution in [3.8, 4) is 0 Å². The van der Waals surface area contributed by atoms with Gasteiger partial charge >= 0.3 is 0 Å². The van der Waals surface area contributed by atoms with Gasteiger partial charge in [-0.25, -0.2) is 0 Å². The van der Waals surface area contributed by atoms with E-state index in [4.69, 9.17) is 0 Å². The number of benzene rings is 1. The highest BCUT2D eigenvalue weighted by atomic mass is 16.3. The van der Waals surface area contributed by atoms with Crippen LogP contribution in [0.4, 0.5) is 0 Å². The van der Waals surface area contributed by atoms with Crippen molar-refractivity contribution in [3.05, 3.63) is 35.4 Å². The van der Waals surface area contributed by atoms with E-state index in [1.807, 2.05) is 12.1 Å². The monoisotopic (exact) mass is 205 g/mol. The maximum absolute atomic E-state index is 10.7. The number of likely N-dealkylation sites (tertiary alicyclic amines) is 1. The van der Waals surface area contributed by atoms with Gasteiger partial charge in [0, 0.05) is 12.6 Å². The van der Waals surface area contributed by atoms with Gasteiger partial charge in [0.05, 0.1) is 0 Å². The molecule has 0 saturated carbocycles. The van der Waals surface area contributed by atoms with Gasteiger partial charge in [0.1, 0.15) is 5.60 Å². The normalized spacial score (nSPS) is 32.1. The second-order valence-electron chi connectivity index (χ2n) is 4.70. The lowest BCUT2D eigenvalue weighted by atomic mass is 9.87. The summed E-state index contributed by atoms with van der Waals surface area (Å²) in [5, 5.41) is 10.7. The molecule has 2 nitrogen and oxygen atoms in total. The minimum absolute atomic E-state index is 0.195. The molecule has 2 rings (SSSR count). The first-order valence-corrected chi connectivity index (χ1v) is 5.54. The van der Waals surface area contributed by atoms with Crippen molar-refractivity contribution in [2.45, 2.75) is 31.9 Å². The van der Waals surface area contributed by atoms with Gasteiger partial charge < -0.3 is 10.0 Å². The third kappa shape index (κ3) is 1.68. The first kappa shape index (κ1) is 10.7. The minimum Gasteiger partial charge on any atom is -0.383 e. The maximum Gasteiger partial charge on any atom is 0.106 e. The van der Waals surface area contributed by atoms with Gasteiger partial charge in [-0.3, -0.25) is 0 Å². The Bertz CT molecular complexity index is 346. The molecule has 0 bridgehead atoms. The lowest BCUT2D eigenvalue weighted by Crippen LogP contribution is -2.38. The van der Waals surface area contributed by atoms with Crippen LogP contribution < -0.4 is 0 Å². The quantitative estimate of drug-likeness (QED) is 0.757. The van der Waals surface area contributed by atoms with Crippen LogP contribution in [0.5, 0.6) is 0 Å². The Labute approximate surface area is 91.5 Å². The van der Waals surface area contributed by atoms with Crippen LogP contribution in [0.15, 0.2) is 24.3 Å². The zero-order valence-electron chi connectivity index (χ0n) is 9.70. The predicted octanol–water partition coefficient (Wildman–Crippen LogP) is 1.91. The Morgan fingerprint density at radius 1 is 1.33 bits per heavy atom. The fourth-order valence-electron chi connectivity index (χ4n) is 2.34. The van der Waals surface area contributed by atoms with E-state index in [1.165, 1.54) is 5.56 Å². The van der Waals surface area contributed by atoms with E-state index < -0.39 is 5.60 Å². The van der Waals surface area contributed by atoms with Crippen LogP contribution in [0.1, 0.15) is 24.5 Å². The Morgan fingerprint density at radius 2 is 1.93 bits per heavy atom. The third-order valence-corrected chi connectivity index (χ3v) is 3.75. The van der Waals surface area contributed by atoms with Crippen molar-refractivity contribution in [3.63, 3.8) is 0 Å². The van der Waals surface area contributed by atoms with Crippen molar-refractivity contribution >= 4 is 0 Å². The summed E-state index contributed by atoms with van der Waals surface area (Å²) in [4.78, 5) is 2.21. The Kier molecular flexibility index (Phi) is 2.57. The van der Waals surface area contributed by atoms with Gasteiger partial charge in [0.2, 0.25) is 0 Å². The zero-order valence-corrected chi connectivity index (χ0v) is 9.70. The lowest BCUT2D eigenvalue weighted by molar-refractivity contribution is 0.0109. The summed E-state index contributed by atoms with van der Waals surface area (Å²) in [6.45, 7) is 5.12. The van der Waals surface area contributed by atoms with Crippen LogP contribution in [0.2, 0.25) is 0 Å². The molecule has 0 unspecified atom stereocenters. The molecule has 1 aliphatic rings. The predicted molar refractivity (Wildman–Crippen MR) is 61.8 cm³/mol. The van der Waals surface area contributed by atoms with Gasteiger partial charge in [-0.2, -0.15) is 0 Å². The van der Waals surface area contributed by atoms with E-state index in [1.54, 1.807) is 0 Å². The third-order valence-electron chi connectivity index (χ3n) is 3.75. The number of likely N-dealkylation sites (N-methyl/N-ethyl adjacent to an activating group) is 1. The van der Waals surface area contributed by atoms with E-state index in [9.17, 15) is 5.11 Å². The summed E-state index contributed by atoms with van der Waals surface area (Å²) in [6, 6.07) is 8.42. The number of aryl methyl sites for hydroxylation is 1.